The van der Waals surface area contributed by atoms with E-state index in [0.29, 0.717) is 48.8 Å². The highest BCUT2D eigenvalue weighted by Gasteiger charge is 2.34. The molecular formula is C24H32ClN7O4S. The Labute approximate surface area is 221 Å². The van der Waals surface area contributed by atoms with Crippen molar-refractivity contribution in [2.24, 2.45) is 11.7 Å². The molecule has 2 aliphatic rings. The Hall–Kier alpha value is -2.69. The van der Waals surface area contributed by atoms with Crippen molar-refractivity contribution in [2.45, 2.75) is 31.7 Å². The van der Waals surface area contributed by atoms with Crippen molar-refractivity contribution in [2.75, 3.05) is 55.6 Å². The van der Waals surface area contributed by atoms with E-state index in [0.717, 1.165) is 19.4 Å². The van der Waals surface area contributed by atoms with E-state index in [1.165, 1.54) is 13.3 Å². The standard InChI is InChI=1S/C24H32ClN7O4S/c25-23-22(28-15-19-2-1-13-36-17-19)16-29-32(24(23)33)21-7-10-30(11-8-21)37(34,35)31(12-9-26)20-5-3-18(14-27)4-6-20/h3-6,16,19,21,28H,1-2,7-13,15,17,26H2/t19-/m0/s1. The van der Waals surface area contributed by atoms with Gasteiger partial charge < -0.3 is 15.8 Å². The number of nitrogens with zero attached hydrogens (tertiary/aromatic N) is 5. The first kappa shape index (κ1) is 27.3. The van der Waals surface area contributed by atoms with Crippen LogP contribution >= 0.6 is 11.6 Å². The minimum Gasteiger partial charge on any atom is -0.382 e. The van der Waals surface area contributed by atoms with Crippen LogP contribution in [0.4, 0.5) is 11.4 Å². The summed E-state index contributed by atoms with van der Waals surface area (Å²) in [4.78, 5) is 13.0. The number of nitrogens with one attached hydrogen (secondary N) is 1. The molecule has 0 saturated carbocycles. The first-order valence-electron chi connectivity index (χ1n) is 12.4. The second kappa shape index (κ2) is 12.2. The maximum absolute atomic E-state index is 13.5. The fourth-order valence-corrected chi connectivity index (χ4v) is 6.58. The van der Waals surface area contributed by atoms with Gasteiger partial charge in [0.25, 0.3) is 5.56 Å². The van der Waals surface area contributed by atoms with Crippen molar-refractivity contribution in [3.63, 3.8) is 0 Å². The summed E-state index contributed by atoms with van der Waals surface area (Å²) in [5, 5.41) is 16.7. The highest BCUT2D eigenvalue weighted by Crippen LogP contribution is 2.28. The van der Waals surface area contributed by atoms with E-state index in [1.807, 2.05) is 6.07 Å². The molecule has 1 aromatic carbocycles. The summed E-state index contributed by atoms with van der Waals surface area (Å²) >= 11 is 6.39. The first-order chi connectivity index (χ1) is 17.8. The van der Waals surface area contributed by atoms with E-state index >= 15 is 0 Å². The van der Waals surface area contributed by atoms with E-state index in [9.17, 15) is 13.2 Å². The monoisotopic (exact) mass is 549 g/mol. The Bertz CT molecular complexity index is 1270. The second-order valence-electron chi connectivity index (χ2n) is 9.24. The van der Waals surface area contributed by atoms with Crippen LogP contribution in [-0.2, 0) is 14.9 Å². The smallest absolute Gasteiger partial charge is 0.304 e. The van der Waals surface area contributed by atoms with E-state index in [4.69, 9.17) is 27.3 Å². The molecule has 2 aliphatic heterocycles. The molecule has 0 aliphatic carbocycles. The number of hydrogen-bond acceptors (Lipinski definition) is 8. The Balaban J connectivity index is 1.42. The molecule has 0 spiro atoms. The minimum absolute atomic E-state index is 0.0803. The predicted molar refractivity (Wildman–Crippen MR) is 142 cm³/mol. The first-order valence-corrected chi connectivity index (χ1v) is 14.2. The number of hydrogen-bond donors (Lipinski definition) is 2. The fourth-order valence-electron chi connectivity index (χ4n) is 4.70. The van der Waals surface area contributed by atoms with Crippen LogP contribution < -0.4 is 20.9 Å². The molecule has 2 saturated heterocycles. The van der Waals surface area contributed by atoms with Crippen LogP contribution in [0.3, 0.4) is 0 Å². The third-order valence-corrected chi connectivity index (χ3v) is 9.10. The summed E-state index contributed by atoms with van der Waals surface area (Å²) in [5.74, 6) is 0.363. The molecule has 1 atom stereocenters. The SMILES string of the molecule is N#Cc1ccc(N(CCN)S(=O)(=O)N2CCC(n3ncc(NC[C@@H]4CCCOC4)c(Cl)c3=O)CC2)cc1. The number of piperidine rings is 1. The molecule has 2 fully saturated rings. The van der Waals surface area contributed by atoms with Gasteiger partial charge in [-0.1, -0.05) is 11.6 Å². The molecule has 1 aromatic heterocycles. The van der Waals surface area contributed by atoms with Crippen LogP contribution in [0.15, 0.2) is 35.3 Å². The van der Waals surface area contributed by atoms with Gasteiger partial charge in [-0.3, -0.25) is 9.10 Å². The van der Waals surface area contributed by atoms with Crippen LogP contribution in [0.1, 0.15) is 37.3 Å². The maximum atomic E-state index is 13.5. The number of nitriles is 1. The highest BCUT2D eigenvalue weighted by molar-refractivity contribution is 7.90. The third kappa shape index (κ3) is 6.25. The molecule has 0 amide bonds. The molecule has 0 bridgehead atoms. The molecule has 3 N–H and O–H groups in total. The Morgan fingerprint density at radius 2 is 1.97 bits per heavy atom. The molecule has 37 heavy (non-hydrogen) atoms. The highest BCUT2D eigenvalue weighted by atomic mass is 35.5. The van der Waals surface area contributed by atoms with E-state index < -0.39 is 15.8 Å². The lowest BCUT2D eigenvalue weighted by Crippen LogP contribution is -2.49. The molecule has 200 valence electrons. The Morgan fingerprint density at radius 1 is 1.24 bits per heavy atom. The second-order valence-corrected chi connectivity index (χ2v) is 11.5. The van der Waals surface area contributed by atoms with Gasteiger partial charge in [0, 0.05) is 39.3 Å². The lowest BCUT2D eigenvalue weighted by Gasteiger charge is -2.35. The fraction of sp³-hybridized carbons (Fsp3) is 0.542. The van der Waals surface area contributed by atoms with Crippen LogP contribution in [0.2, 0.25) is 5.02 Å². The number of ether oxygens (including phenoxy) is 1. The lowest BCUT2D eigenvalue weighted by atomic mass is 10.0. The van der Waals surface area contributed by atoms with Gasteiger partial charge in [0.2, 0.25) is 0 Å². The van der Waals surface area contributed by atoms with Crippen LogP contribution in [-0.4, -0.2) is 68.4 Å². The van der Waals surface area contributed by atoms with Crippen molar-refractivity contribution in [3.8, 4) is 6.07 Å². The average Bonchev–Trinajstić information content (AvgIpc) is 2.93. The number of nitrogens with two attached hydrogens (primary N) is 1. The van der Waals surface area contributed by atoms with Crippen LogP contribution in [0.5, 0.6) is 0 Å². The van der Waals surface area contributed by atoms with Crippen molar-refractivity contribution in [1.82, 2.24) is 14.1 Å². The summed E-state index contributed by atoms with van der Waals surface area (Å²) in [7, 11) is -3.86. The molecule has 13 heteroatoms. The van der Waals surface area contributed by atoms with Gasteiger partial charge in [0.05, 0.1) is 41.9 Å². The van der Waals surface area contributed by atoms with Gasteiger partial charge in [-0.05, 0) is 55.9 Å². The van der Waals surface area contributed by atoms with Gasteiger partial charge in [-0.15, -0.1) is 0 Å². The minimum atomic E-state index is -3.86. The van der Waals surface area contributed by atoms with Gasteiger partial charge in [-0.25, -0.2) is 4.68 Å². The normalized spacial score (nSPS) is 19.3. The van der Waals surface area contributed by atoms with Crippen molar-refractivity contribution in [3.05, 3.63) is 51.4 Å². The molecule has 2 aromatic rings. The molecule has 4 rings (SSSR count). The topological polar surface area (TPSA) is 147 Å². The van der Waals surface area contributed by atoms with Crippen LogP contribution in [0, 0.1) is 17.2 Å². The summed E-state index contributed by atoms with van der Waals surface area (Å²) in [6, 6.07) is 8.10. The van der Waals surface area contributed by atoms with Crippen LogP contribution in [0.25, 0.3) is 0 Å². The zero-order valence-corrected chi connectivity index (χ0v) is 22.1. The molecular weight excluding hydrogens is 518 g/mol. The molecule has 0 unspecified atom stereocenters. The van der Waals surface area contributed by atoms with E-state index in [2.05, 4.69) is 10.4 Å². The summed E-state index contributed by atoms with van der Waals surface area (Å²) < 4.78 is 36.4. The number of halogens is 1. The zero-order valence-electron chi connectivity index (χ0n) is 20.6. The Morgan fingerprint density at radius 3 is 2.59 bits per heavy atom. The number of anilines is 2. The van der Waals surface area contributed by atoms with Gasteiger partial charge in [-0.2, -0.15) is 23.1 Å². The summed E-state index contributed by atoms with van der Waals surface area (Å²) in [6.45, 7) is 2.81. The zero-order chi connectivity index (χ0) is 26.4. The summed E-state index contributed by atoms with van der Waals surface area (Å²) in [6.07, 6.45) is 4.47. The number of aromatic nitrogens is 2. The number of benzene rings is 1. The van der Waals surface area contributed by atoms with E-state index in [1.54, 1.807) is 30.5 Å². The predicted octanol–water partition coefficient (Wildman–Crippen LogP) is 1.95. The number of rotatable bonds is 9. The van der Waals surface area contributed by atoms with Crippen molar-refractivity contribution < 1.29 is 13.2 Å². The maximum Gasteiger partial charge on any atom is 0.304 e. The molecule has 3 heterocycles. The van der Waals surface area contributed by atoms with Gasteiger partial charge in [0.1, 0.15) is 5.02 Å². The van der Waals surface area contributed by atoms with Gasteiger partial charge in [0.15, 0.2) is 0 Å². The van der Waals surface area contributed by atoms with E-state index in [-0.39, 0.29) is 37.2 Å². The third-order valence-electron chi connectivity index (χ3n) is 6.77. The molecule has 11 nitrogen and oxygen atoms in total. The largest absolute Gasteiger partial charge is 0.382 e. The van der Waals surface area contributed by atoms with Gasteiger partial charge >= 0.3 is 10.2 Å². The van der Waals surface area contributed by atoms with Crippen molar-refractivity contribution in [1.29, 1.82) is 5.26 Å². The van der Waals surface area contributed by atoms with Crippen molar-refractivity contribution >= 4 is 33.2 Å². The summed E-state index contributed by atoms with van der Waals surface area (Å²) in [5.41, 5.74) is 6.69. The lowest BCUT2D eigenvalue weighted by molar-refractivity contribution is 0.0595. The quantitative estimate of drug-likeness (QED) is 0.482. The molecule has 0 radical (unpaired) electrons. The Kier molecular flexibility index (Phi) is 9.04. The average molecular weight is 550 g/mol.